The molecule has 6 heteroatoms. The summed E-state index contributed by atoms with van der Waals surface area (Å²) in [6.45, 7) is 3.53. The molecule has 0 bridgehead atoms. The van der Waals surface area contributed by atoms with Crippen LogP contribution in [0, 0.1) is 0 Å². The fourth-order valence-electron chi connectivity index (χ4n) is 2.43. The standard InChI is InChI=1S/C14H14ClN3OS/c15-12-2-1-3-13(11(12)10-19)17-5-7-18(8-6-17)14-16-4-9-20-14/h1-4,9-10H,5-8H2. The topological polar surface area (TPSA) is 36.4 Å². The van der Waals surface area contributed by atoms with Gasteiger partial charge in [-0.05, 0) is 12.1 Å². The average Bonchev–Trinajstić information content (AvgIpc) is 3.01. The van der Waals surface area contributed by atoms with Crippen LogP contribution in [0.3, 0.4) is 0 Å². The lowest BCUT2D eigenvalue weighted by molar-refractivity contribution is 0.112. The lowest BCUT2D eigenvalue weighted by Crippen LogP contribution is -2.46. The first-order chi connectivity index (χ1) is 9.79. The number of aldehydes is 1. The van der Waals surface area contributed by atoms with E-state index in [1.165, 1.54) is 0 Å². The summed E-state index contributed by atoms with van der Waals surface area (Å²) >= 11 is 7.74. The molecule has 0 spiro atoms. The second-order valence-corrected chi connectivity index (χ2v) is 5.86. The summed E-state index contributed by atoms with van der Waals surface area (Å²) in [6.07, 6.45) is 2.67. The molecular formula is C14H14ClN3OS. The normalized spacial score (nSPS) is 15.4. The van der Waals surface area contributed by atoms with Gasteiger partial charge in [0.1, 0.15) is 0 Å². The van der Waals surface area contributed by atoms with E-state index in [4.69, 9.17) is 11.6 Å². The van der Waals surface area contributed by atoms with Crippen molar-refractivity contribution in [2.45, 2.75) is 0 Å². The summed E-state index contributed by atoms with van der Waals surface area (Å²) in [6, 6.07) is 5.59. The molecule has 0 atom stereocenters. The summed E-state index contributed by atoms with van der Waals surface area (Å²) in [7, 11) is 0. The first-order valence-corrected chi connectivity index (χ1v) is 7.68. The minimum absolute atomic E-state index is 0.514. The molecule has 1 saturated heterocycles. The molecule has 0 N–H and O–H groups in total. The number of piperazine rings is 1. The van der Waals surface area contributed by atoms with Gasteiger partial charge in [0.2, 0.25) is 0 Å². The Balaban J connectivity index is 1.75. The first-order valence-electron chi connectivity index (χ1n) is 6.42. The molecule has 3 rings (SSSR count). The number of halogens is 1. The molecule has 1 aliphatic heterocycles. The largest absolute Gasteiger partial charge is 0.367 e. The van der Waals surface area contributed by atoms with Crippen molar-refractivity contribution in [3.05, 3.63) is 40.4 Å². The number of carbonyl (C=O) groups is 1. The van der Waals surface area contributed by atoms with E-state index in [0.717, 1.165) is 43.3 Å². The van der Waals surface area contributed by atoms with Crippen LogP contribution in [0.4, 0.5) is 10.8 Å². The van der Waals surface area contributed by atoms with Crippen LogP contribution in [-0.2, 0) is 0 Å². The number of hydrogen-bond acceptors (Lipinski definition) is 5. The Hall–Kier alpha value is -1.59. The summed E-state index contributed by atoms with van der Waals surface area (Å²) in [5.74, 6) is 0. The Kier molecular flexibility index (Phi) is 3.89. The SMILES string of the molecule is O=Cc1c(Cl)cccc1N1CCN(c2nccs2)CC1. The fraction of sp³-hybridized carbons (Fsp3) is 0.286. The van der Waals surface area contributed by atoms with Gasteiger partial charge in [-0.3, -0.25) is 4.79 Å². The van der Waals surface area contributed by atoms with Crippen molar-refractivity contribution in [2.75, 3.05) is 36.0 Å². The summed E-state index contributed by atoms with van der Waals surface area (Å²) < 4.78 is 0. The number of rotatable bonds is 3. The highest BCUT2D eigenvalue weighted by Crippen LogP contribution is 2.28. The summed E-state index contributed by atoms with van der Waals surface area (Å²) in [4.78, 5) is 20.0. The quantitative estimate of drug-likeness (QED) is 0.817. The molecule has 1 fully saturated rings. The number of anilines is 2. The second-order valence-electron chi connectivity index (χ2n) is 4.58. The number of thiazole rings is 1. The minimum Gasteiger partial charge on any atom is -0.367 e. The van der Waals surface area contributed by atoms with Crippen LogP contribution in [0.1, 0.15) is 10.4 Å². The van der Waals surface area contributed by atoms with Gasteiger partial charge >= 0.3 is 0 Å². The Morgan fingerprint density at radius 1 is 1.20 bits per heavy atom. The molecule has 1 aliphatic rings. The maximum Gasteiger partial charge on any atom is 0.185 e. The van der Waals surface area contributed by atoms with Gasteiger partial charge < -0.3 is 9.80 Å². The molecule has 0 aliphatic carbocycles. The van der Waals surface area contributed by atoms with Crippen LogP contribution in [-0.4, -0.2) is 37.4 Å². The average molecular weight is 308 g/mol. The molecule has 0 saturated carbocycles. The van der Waals surface area contributed by atoms with Gasteiger partial charge in [-0.1, -0.05) is 17.7 Å². The third-order valence-corrected chi connectivity index (χ3v) is 4.62. The Morgan fingerprint density at radius 2 is 1.95 bits per heavy atom. The van der Waals surface area contributed by atoms with Crippen LogP contribution in [0.2, 0.25) is 5.02 Å². The van der Waals surface area contributed by atoms with Crippen molar-refractivity contribution >= 4 is 40.0 Å². The number of aromatic nitrogens is 1. The zero-order valence-electron chi connectivity index (χ0n) is 10.8. The van der Waals surface area contributed by atoms with Crippen molar-refractivity contribution in [3.8, 4) is 0 Å². The van der Waals surface area contributed by atoms with Crippen molar-refractivity contribution in [3.63, 3.8) is 0 Å². The van der Waals surface area contributed by atoms with Crippen molar-refractivity contribution in [1.82, 2.24) is 4.98 Å². The molecule has 2 aromatic rings. The predicted octanol–water partition coefficient (Wildman–Crippen LogP) is 2.94. The van der Waals surface area contributed by atoms with Crippen LogP contribution >= 0.6 is 22.9 Å². The van der Waals surface area contributed by atoms with E-state index in [1.807, 2.05) is 23.7 Å². The van der Waals surface area contributed by atoms with E-state index in [0.29, 0.717) is 10.6 Å². The lowest BCUT2D eigenvalue weighted by atomic mass is 10.1. The molecular weight excluding hydrogens is 294 g/mol. The highest BCUT2D eigenvalue weighted by molar-refractivity contribution is 7.13. The van der Waals surface area contributed by atoms with Gasteiger partial charge in [0.25, 0.3) is 0 Å². The fourth-order valence-corrected chi connectivity index (χ4v) is 3.34. The smallest absolute Gasteiger partial charge is 0.185 e. The van der Waals surface area contributed by atoms with Crippen molar-refractivity contribution in [1.29, 1.82) is 0 Å². The van der Waals surface area contributed by atoms with Crippen LogP contribution in [0.5, 0.6) is 0 Å². The Bertz CT molecular complexity index is 594. The summed E-state index contributed by atoms with van der Waals surface area (Å²) in [5, 5.41) is 3.56. The second kappa shape index (κ2) is 5.81. The van der Waals surface area contributed by atoms with E-state index < -0.39 is 0 Å². The van der Waals surface area contributed by atoms with E-state index in [2.05, 4.69) is 14.8 Å². The maximum absolute atomic E-state index is 11.2. The van der Waals surface area contributed by atoms with Gasteiger partial charge in [-0.15, -0.1) is 11.3 Å². The zero-order valence-corrected chi connectivity index (χ0v) is 12.4. The van der Waals surface area contributed by atoms with E-state index in [-0.39, 0.29) is 0 Å². The highest BCUT2D eigenvalue weighted by atomic mass is 35.5. The lowest BCUT2D eigenvalue weighted by Gasteiger charge is -2.36. The van der Waals surface area contributed by atoms with Gasteiger partial charge in [-0.2, -0.15) is 0 Å². The van der Waals surface area contributed by atoms with E-state index in [1.54, 1.807) is 17.4 Å². The number of carbonyl (C=O) groups excluding carboxylic acids is 1. The number of nitrogens with zero attached hydrogens (tertiary/aromatic N) is 3. The highest BCUT2D eigenvalue weighted by Gasteiger charge is 2.21. The molecule has 104 valence electrons. The number of hydrogen-bond donors (Lipinski definition) is 0. The van der Waals surface area contributed by atoms with Crippen LogP contribution < -0.4 is 9.80 Å². The molecule has 0 amide bonds. The van der Waals surface area contributed by atoms with Gasteiger partial charge in [0, 0.05) is 43.4 Å². The van der Waals surface area contributed by atoms with E-state index in [9.17, 15) is 4.79 Å². The molecule has 20 heavy (non-hydrogen) atoms. The molecule has 2 heterocycles. The molecule has 0 unspecified atom stereocenters. The number of benzene rings is 1. The van der Waals surface area contributed by atoms with Gasteiger partial charge in [-0.25, -0.2) is 4.98 Å². The third-order valence-electron chi connectivity index (χ3n) is 3.46. The van der Waals surface area contributed by atoms with E-state index >= 15 is 0 Å². The van der Waals surface area contributed by atoms with Crippen LogP contribution in [0.15, 0.2) is 29.8 Å². The molecule has 1 aromatic heterocycles. The zero-order chi connectivity index (χ0) is 13.9. The summed E-state index contributed by atoms with van der Waals surface area (Å²) in [5.41, 5.74) is 1.50. The van der Waals surface area contributed by atoms with Crippen molar-refractivity contribution in [2.24, 2.45) is 0 Å². The predicted molar refractivity (Wildman–Crippen MR) is 83.4 cm³/mol. The minimum atomic E-state index is 0.514. The Morgan fingerprint density at radius 3 is 2.60 bits per heavy atom. The van der Waals surface area contributed by atoms with Gasteiger partial charge in [0.05, 0.1) is 10.6 Å². The first kappa shape index (κ1) is 13.4. The van der Waals surface area contributed by atoms with Crippen LogP contribution in [0.25, 0.3) is 0 Å². The Labute approximate surface area is 126 Å². The molecule has 1 aromatic carbocycles. The van der Waals surface area contributed by atoms with Crippen molar-refractivity contribution < 1.29 is 4.79 Å². The molecule has 0 radical (unpaired) electrons. The van der Waals surface area contributed by atoms with Gasteiger partial charge in [0.15, 0.2) is 11.4 Å². The monoisotopic (exact) mass is 307 g/mol. The maximum atomic E-state index is 11.2. The molecule has 4 nitrogen and oxygen atoms in total. The third kappa shape index (κ3) is 2.51.